The van der Waals surface area contributed by atoms with Gasteiger partial charge in [-0.2, -0.15) is 6.08 Å². The fourth-order valence-electron chi connectivity index (χ4n) is 7.26. The Morgan fingerprint density at radius 2 is 1.02 bits per heavy atom. The number of rotatable bonds is 4. The molecule has 0 bridgehead atoms. The van der Waals surface area contributed by atoms with Crippen molar-refractivity contribution in [2.75, 3.05) is 0 Å². The van der Waals surface area contributed by atoms with E-state index < -0.39 is 7.59 Å². The molecule has 0 atom stereocenters. The Hall–Kier alpha value is -2.13. The smallest absolute Gasteiger partial charge is 0.109 e. The Bertz CT molecular complexity index is 2320. The third-order valence-electron chi connectivity index (χ3n) is 10.4. The Kier molecular flexibility index (Phi) is 18.5. The van der Waals surface area contributed by atoms with Crippen LogP contribution in [0.1, 0.15) is 92.5 Å². The molecule has 0 unspecified atom stereocenters. The fraction of sp³-hybridized carbons (Fsp3) is 0.226. The van der Waals surface area contributed by atoms with E-state index >= 15 is 0 Å². The summed E-state index contributed by atoms with van der Waals surface area (Å²) in [5.74, 6) is 0. The first-order chi connectivity index (χ1) is 28.2. The van der Waals surface area contributed by atoms with E-state index in [4.69, 9.17) is 69.6 Å². The Morgan fingerprint density at radius 3 is 1.42 bits per heavy atom. The maximum atomic E-state index is 5.86. The summed E-state index contributed by atoms with van der Waals surface area (Å²) in [5.41, 5.74) is 16.9. The summed E-state index contributed by atoms with van der Waals surface area (Å²) >= 11 is 36.4. The number of allylic oxidation sites excluding steroid dienone is 4. The molecule has 0 radical (unpaired) electrons. The van der Waals surface area contributed by atoms with E-state index in [0.717, 1.165) is 24.0 Å². The van der Waals surface area contributed by atoms with Crippen molar-refractivity contribution in [1.29, 1.82) is 0 Å². The van der Waals surface area contributed by atoms with Gasteiger partial charge in [-0.1, -0.05) is 131 Å². The molecule has 0 amide bonds. The quantitative estimate of drug-likeness (QED) is 0.122. The summed E-state index contributed by atoms with van der Waals surface area (Å²) in [6.45, 7) is 13.9. The van der Waals surface area contributed by atoms with Gasteiger partial charge in [0.25, 0.3) is 0 Å². The van der Waals surface area contributed by atoms with Crippen LogP contribution in [0.3, 0.4) is 0 Å². The van der Waals surface area contributed by atoms with E-state index in [1.807, 2.05) is 60.7 Å². The molecular weight excluding hydrogens is 1010 g/mol. The van der Waals surface area contributed by atoms with Crippen molar-refractivity contribution in [3.8, 4) is 33.4 Å². The molecule has 6 aromatic rings. The number of fused-ring (bicyclic) bond motifs is 3. The molecule has 0 saturated carbocycles. The number of halogens is 8. The van der Waals surface area contributed by atoms with Crippen molar-refractivity contribution >= 4 is 72.8 Å². The molecule has 2 aliphatic rings. The zero-order valence-electron chi connectivity index (χ0n) is 35.3. The van der Waals surface area contributed by atoms with Crippen molar-refractivity contribution < 1.29 is 49.0 Å². The van der Waals surface area contributed by atoms with E-state index in [0.29, 0.717) is 11.1 Å². The molecule has 0 N–H and O–H groups in total. The fourth-order valence-corrected chi connectivity index (χ4v) is 8.84. The van der Waals surface area contributed by atoms with Gasteiger partial charge in [0.1, 0.15) is 0 Å². The largest absolute Gasteiger partial charge is 1.00 e. The minimum Gasteiger partial charge on any atom is -1.00 e. The summed E-state index contributed by atoms with van der Waals surface area (Å²) < 4.78 is -1.66. The predicted molar refractivity (Wildman–Crippen MR) is 258 cm³/mol. The summed E-state index contributed by atoms with van der Waals surface area (Å²) in [6, 6.07) is 47.8. The van der Waals surface area contributed by atoms with Crippen molar-refractivity contribution in [2.24, 2.45) is 0 Å². The van der Waals surface area contributed by atoms with Crippen LogP contribution < -0.4 is 24.8 Å². The van der Waals surface area contributed by atoms with E-state index in [9.17, 15) is 0 Å². The average Bonchev–Trinajstić information content (AvgIpc) is 3.91. The van der Waals surface area contributed by atoms with Gasteiger partial charge in [0, 0.05) is 0 Å². The standard InChI is InChI=1S/C33H33.C15H8Cl6.C5H5.2ClH.Zr/c1-32(2,3)30-20-26-24(18-28(30)22-13-9-7-10-14-22)17-25-19-29(23-15-11-8-12-16-23)31(21-27(25)26)33(4,5)6;16-14(17,18)12-5-1-10(2-6-12)9-11-3-7-13(8-4-11)15(19,20)21;1-2-4-5-3-1;;;/h7-16,18,20-21H,17H2,1-6H3;1-8H;1-3H,4H2;2*1H;/q-1;;-1;;;+2/p-2. The summed E-state index contributed by atoms with van der Waals surface area (Å²) in [5, 5.41) is 0. The number of benzene rings is 6. The van der Waals surface area contributed by atoms with Gasteiger partial charge in [0.15, 0.2) is 0 Å². The van der Waals surface area contributed by atoms with Gasteiger partial charge in [-0.3, -0.25) is 6.08 Å². The Balaban J connectivity index is 0.000000252. The van der Waals surface area contributed by atoms with Crippen LogP contribution in [0.15, 0.2) is 146 Å². The first-order valence-electron chi connectivity index (χ1n) is 19.8. The molecule has 0 spiro atoms. The van der Waals surface area contributed by atoms with Gasteiger partial charge in [0.05, 0.1) is 0 Å². The van der Waals surface area contributed by atoms with E-state index in [1.54, 1.807) is 0 Å². The monoisotopic (exact) mass is 1050 g/mol. The van der Waals surface area contributed by atoms with Crippen LogP contribution in [0.5, 0.6) is 0 Å². The number of hydrogen-bond acceptors (Lipinski definition) is 0. The van der Waals surface area contributed by atoms with Crippen molar-refractivity contribution in [3.05, 3.63) is 202 Å². The summed E-state index contributed by atoms with van der Waals surface area (Å²) in [6.07, 6.45) is 10.9. The minimum absolute atomic E-state index is 0. The van der Waals surface area contributed by atoms with Crippen molar-refractivity contribution in [3.63, 3.8) is 0 Å². The van der Waals surface area contributed by atoms with Crippen molar-refractivity contribution in [1.82, 2.24) is 0 Å². The maximum absolute atomic E-state index is 5.86. The molecular formula is C53H46Cl8Zr-2. The van der Waals surface area contributed by atoms with E-state index in [-0.39, 0.29) is 35.6 Å². The van der Waals surface area contributed by atoms with Gasteiger partial charge < -0.3 is 24.8 Å². The van der Waals surface area contributed by atoms with Gasteiger partial charge in [-0.05, 0) is 39.5 Å². The van der Waals surface area contributed by atoms with Crippen LogP contribution in [0.4, 0.5) is 0 Å². The number of hydrogen-bond donors (Lipinski definition) is 0. The second-order valence-electron chi connectivity index (χ2n) is 16.9. The zero-order valence-corrected chi connectivity index (χ0v) is 43.8. The maximum Gasteiger partial charge on any atom is -0.109 e. The molecule has 0 heterocycles. The molecule has 62 heavy (non-hydrogen) atoms. The third kappa shape index (κ3) is 13.2. The third-order valence-corrected chi connectivity index (χ3v) is 13.1. The molecule has 0 aromatic heterocycles. The Labute approximate surface area is 426 Å². The second-order valence-corrected chi connectivity index (χ2v) is 22.7. The van der Waals surface area contributed by atoms with Gasteiger partial charge in [-0.25, -0.2) is 12.2 Å². The zero-order chi connectivity index (χ0) is 43.5. The van der Waals surface area contributed by atoms with Gasteiger partial charge >= 0.3 is 175 Å². The summed E-state index contributed by atoms with van der Waals surface area (Å²) in [7, 11) is 0. The molecule has 0 nitrogen and oxygen atoms in total. The van der Waals surface area contributed by atoms with E-state index in [2.05, 4.69) is 139 Å². The molecule has 0 fully saturated rings. The van der Waals surface area contributed by atoms with E-state index in [1.165, 1.54) is 83.1 Å². The van der Waals surface area contributed by atoms with Crippen molar-refractivity contribution in [2.45, 2.75) is 72.8 Å². The second kappa shape index (κ2) is 21.9. The summed E-state index contributed by atoms with van der Waals surface area (Å²) in [4.78, 5) is 0. The van der Waals surface area contributed by atoms with Crippen LogP contribution in [0.25, 0.3) is 33.4 Å². The van der Waals surface area contributed by atoms with Crippen LogP contribution in [0, 0.1) is 12.1 Å². The normalized spacial score (nSPS) is 12.7. The first-order valence-corrected chi connectivity index (χ1v) is 23.3. The Morgan fingerprint density at radius 1 is 0.548 bits per heavy atom. The molecule has 6 aromatic carbocycles. The van der Waals surface area contributed by atoms with Crippen LogP contribution in [-0.2, 0) is 49.1 Å². The van der Waals surface area contributed by atoms with Crippen LogP contribution in [-0.4, -0.2) is 3.21 Å². The molecule has 0 aliphatic heterocycles. The molecule has 0 saturated heterocycles. The molecule has 320 valence electrons. The predicted octanol–water partition coefficient (Wildman–Crippen LogP) is 10.8. The average molecular weight is 1060 g/mol. The molecule has 9 heteroatoms. The first kappa shape index (κ1) is 52.5. The molecule has 2 aliphatic carbocycles. The number of alkyl halides is 6. The van der Waals surface area contributed by atoms with Crippen LogP contribution in [0.2, 0.25) is 0 Å². The minimum atomic E-state index is -1.41. The van der Waals surface area contributed by atoms with Crippen LogP contribution >= 0.6 is 69.6 Å². The SMILES string of the molecule is CC(C)(C)c1cc2c([c-]c1-c1ccccc1)Cc1cc(-c3ccccc3)c(C(C)(C)C)cc1-2.ClC(Cl)(Cl)c1ccc([C](=[Zr+2])c2ccc(C(Cl)(Cl)Cl)cc2)cc1.[C-]1=CC=CC1.[Cl-].[Cl-]. The topological polar surface area (TPSA) is 0 Å². The molecule has 8 rings (SSSR count). The van der Waals surface area contributed by atoms with Gasteiger partial charge in [-0.15, -0.1) is 35.2 Å². The van der Waals surface area contributed by atoms with Gasteiger partial charge in [0.2, 0.25) is 0 Å².